The highest BCUT2D eigenvalue weighted by Gasteiger charge is 2.34. The van der Waals surface area contributed by atoms with Crippen LogP contribution in [0.3, 0.4) is 0 Å². The third-order valence-corrected chi connectivity index (χ3v) is 3.52. The fourth-order valence-electron chi connectivity index (χ4n) is 2.20. The standard InChI is InChI=1S/C14H16ClNO4/c1-9-7-10(15)3-4-11(9)13(17)16-5-6-20-8-12(16)14(18)19-2/h3-4,7,12H,5-6,8H2,1-2H3. The molecule has 1 atom stereocenters. The minimum Gasteiger partial charge on any atom is -0.467 e. The molecule has 5 nitrogen and oxygen atoms in total. The van der Waals surface area contributed by atoms with Crippen molar-refractivity contribution in [2.24, 2.45) is 0 Å². The molecule has 1 aromatic rings. The van der Waals surface area contributed by atoms with Gasteiger partial charge in [-0.05, 0) is 30.7 Å². The van der Waals surface area contributed by atoms with Crippen molar-refractivity contribution in [2.75, 3.05) is 26.9 Å². The Labute approximate surface area is 122 Å². The summed E-state index contributed by atoms with van der Waals surface area (Å²) in [7, 11) is 1.30. The first-order valence-electron chi connectivity index (χ1n) is 6.27. The summed E-state index contributed by atoms with van der Waals surface area (Å²) < 4.78 is 9.98. The molecule has 1 aliphatic heterocycles. The highest BCUT2D eigenvalue weighted by Crippen LogP contribution is 2.19. The summed E-state index contributed by atoms with van der Waals surface area (Å²) in [5.74, 6) is -0.678. The fraction of sp³-hybridized carbons (Fsp3) is 0.429. The summed E-state index contributed by atoms with van der Waals surface area (Å²) in [6, 6.07) is 4.36. The lowest BCUT2D eigenvalue weighted by atomic mass is 10.1. The number of hydrogen-bond acceptors (Lipinski definition) is 4. The van der Waals surface area contributed by atoms with Crippen molar-refractivity contribution in [2.45, 2.75) is 13.0 Å². The van der Waals surface area contributed by atoms with Gasteiger partial charge in [-0.15, -0.1) is 0 Å². The molecule has 1 fully saturated rings. The number of rotatable bonds is 2. The van der Waals surface area contributed by atoms with Gasteiger partial charge in [-0.1, -0.05) is 11.6 Å². The Kier molecular flexibility index (Phi) is 4.62. The molecule has 2 rings (SSSR count). The molecular weight excluding hydrogens is 282 g/mol. The molecule has 1 amide bonds. The molecule has 1 unspecified atom stereocenters. The summed E-state index contributed by atoms with van der Waals surface area (Å²) in [6.07, 6.45) is 0. The SMILES string of the molecule is COC(=O)C1COCCN1C(=O)c1ccc(Cl)cc1C. The number of aryl methyl sites for hydroxylation is 1. The normalized spacial score (nSPS) is 18.8. The van der Waals surface area contributed by atoms with Crippen LogP contribution in [-0.2, 0) is 14.3 Å². The van der Waals surface area contributed by atoms with Crippen LogP contribution in [-0.4, -0.2) is 49.7 Å². The number of nitrogens with zero attached hydrogens (tertiary/aromatic N) is 1. The second kappa shape index (κ2) is 6.24. The van der Waals surface area contributed by atoms with Crippen LogP contribution < -0.4 is 0 Å². The maximum atomic E-state index is 12.6. The van der Waals surface area contributed by atoms with E-state index in [-0.39, 0.29) is 12.5 Å². The largest absolute Gasteiger partial charge is 0.467 e. The molecule has 0 aliphatic carbocycles. The predicted molar refractivity (Wildman–Crippen MR) is 73.8 cm³/mol. The summed E-state index contributed by atoms with van der Waals surface area (Å²) in [4.78, 5) is 25.8. The number of hydrogen-bond donors (Lipinski definition) is 0. The molecule has 1 aromatic carbocycles. The Bertz CT molecular complexity index is 532. The third kappa shape index (κ3) is 2.94. The Hall–Kier alpha value is -1.59. The topological polar surface area (TPSA) is 55.8 Å². The van der Waals surface area contributed by atoms with Gasteiger partial charge in [0.15, 0.2) is 6.04 Å². The molecule has 1 aliphatic rings. The van der Waals surface area contributed by atoms with Crippen molar-refractivity contribution >= 4 is 23.5 Å². The summed E-state index contributed by atoms with van der Waals surface area (Å²) in [5.41, 5.74) is 1.31. The first kappa shape index (κ1) is 14.8. The van der Waals surface area contributed by atoms with Crippen molar-refractivity contribution in [1.82, 2.24) is 4.90 Å². The molecule has 6 heteroatoms. The number of amides is 1. The Morgan fingerprint density at radius 3 is 2.85 bits per heavy atom. The van der Waals surface area contributed by atoms with Crippen molar-refractivity contribution < 1.29 is 19.1 Å². The van der Waals surface area contributed by atoms with E-state index < -0.39 is 12.0 Å². The smallest absolute Gasteiger partial charge is 0.331 e. The zero-order valence-electron chi connectivity index (χ0n) is 11.4. The number of esters is 1. The van der Waals surface area contributed by atoms with Crippen LogP contribution in [0.4, 0.5) is 0 Å². The van der Waals surface area contributed by atoms with Gasteiger partial charge < -0.3 is 14.4 Å². The maximum absolute atomic E-state index is 12.6. The lowest BCUT2D eigenvalue weighted by Crippen LogP contribution is -2.53. The number of morpholine rings is 1. The number of methoxy groups -OCH3 is 1. The van der Waals surface area contributed by atoms with Crippen LogP contribution in [0.25, 0.3) is 0 Å². The Morgan fingerprint density at radius 1 is 1.45 bits per heavy atom. The molecule has 0 N–H and O–H groups in total. The molecule has 0 spiro atoms. The van der Waals surface area contributed by atoms with Crippen molar-refractivity contribution in [1.29, 1.82) is 0 Å². The van der Waals surface area contributed by atoms with Crippen LogP contribution in [0.2, 0.25) is 5.02 Å². The van der Waals surface area contributed by atoms with E-state index in [4.69, 9.17) is 21.1 Å². The molecule has 0 saturated carbocycles. The van der Waals surface area contributed by atoms with Crippen LogP contribution in [0.1, 0.15) is 15.9 Å². The van der Waals surface area contributed by atoms with Gasteiger partial charge in [-0.3, -0.25) is 4.79 Å². The van der Waals surface area contributed by atoms with Gasteiger partial charge in [0.2, 0.25) is 0 Å². The number of carbonyl (C=O) groups is 2. The first-order chi connectivity index (χ1) is 9.54. The number of benzene rings is 1. The van der Waals surface area contributed by atoms with E-state index >= 15 is 0 Å². The van der Waals surface area contributed by atoms with Crippen LogP contribution in [0, 0.1) is 6.92 Å². The quantitative estimate of drug-likeness (QED) is 0.779. The molecule has 0 radical (unpaired) electrons. The fourth-order valence-corrected chi connectivity index (χ4v) is 2.43. The lowest BCUT2D eigenvalue weighted by Gasteiger charge is -2.34. The van der Waals surface area contributed by atoms with Gasteiger partial charge in [-0.2, -0.15) is 0 Å². The maximum Gasteiger partial charge on any atom is 0.331 e. The van der Waals surface area contributed by atoms with E-state index in [0.29, 0.717) is 23.7 Å². The number of ether oxygens (including phenoxy) is 2. The molecule has 108 valence electrons. The summed E-state index contributed by atoms with van der Waals surface area (Å²) in [6.45, 7) is 2.74. The minimum absolute atomic E-state index is 0.158. The molecule has 0 aromatic heterocycles. The summed E-state index contributed by atoms with van der Waals surface area (Å²) >= 11 is 5.89. The molecule has 1 saturated heterocycles. The highest BCUT2D eigenvalue weighted by molar-refractivity contribution is 6.30. The molecule has 0 bridgehead atoms. The number of carbonyl (C=O) groups excluding carboxylic acids is 2. The lowest BCUT2D eigenvalue weighted by molar-refractivity contribution is -0.151. The third-order valence-electron chi connectivity index (χ3n) is 3.28. The summed E-state index contributed by atoms with van der Waals surface area (Å²) in [5, 5.41) is 0.575. The monoisotopic (exact) mass is 297 g/mol. The van der Waals surface area contributed by atoms with Crippen molar-refractivity contribution in [3.63, 3.8) is 0 Å². The van der Waals surface area contributed by atoms with Crippen molar-refractivity contribution in [3.8, 4) is 0 Å². The predicted octanol–water partition coefficient (Wildman–Crippen LogP) is 1.66. The average Bonchev–Trinajstić information content (AvgIpc) is 2.46. The van der Waals surface area contributed by atoms with Crippen molar-refractivity contribution in [3.05, 3.63) is 34.3 Å². The van der Waals surface area contributed by atoms with E-state index in [9.17, 15) is 9.59 Å². The van der Waals surface area contributed by atoms with E-state index in [1.807, 2.05) is 6.92 Å². The molecular formula is C14H16ClNO4. The molecule has 20 heavy (non-hydrogen) atoms. The van der Waals surface area contributed by atoms with Gasteiger partial charge in [0.25, 0.3) is 5.91 Å². The first-order valence-corrected chi connectivity index (χ1v) is 6.65. The number of halogens is 1. The average molecular weight is 298 g/mol. The van der Waals surface area contributed by atoms with E-state index in [2.05, 4.69) is 0 Å². The second-order valence-corrected chi connectivity index (χ2v) is 5.01. The van der Waals surface area contributed by atoms with Gasteiger partial charge in [0.05, 0.1) is 20.3 Å². The molecule has 1 heterocycles. The van der Waals surface area contributed by atoms with E-state index in [1.54, 1.807) is 18.2 Å². The van der Waals surface area contributed by atoms with Gasteiger partial charge in [0, 0.05) is 17.1 Å². The highest BCUT2D eigenvalue weighted by atomic mass is 35.5. The van der Waals surface area contributed by atoms with Gasteiger partial charge >= 0.3 is 5.97 Å². The van der Waals surface area contributed by atoms with E-state index in [1.165, 1.54) is 12.0 Å². The van der Waals surface area contributed by atoms with Gasteiger partial charge in [-0.25, -0.2) is 4.79 Å². The Balaban J connectivity index is 2.27. The Morgan fingerprint density at radius 2 is 2.20 bits per heavy atom. The zero-order chi connectivity index (χ0) is 14.7. The van der Waals surface area contributed by atoms with Gasteiger partial charge in [0.1, 0.15) is 0 Å². The zero-order valence-corrected chi connectivity index (χ0v) is 12.1. The second-order valence-electron chi connectivity index (χ2n) is 4.57. The van der Waals surface area contributed by atoms with E-state index in [0.717, 1.165) is 5.56 Å². The minimum atomic E-state index is -0.698. The van der Waals surface area contributed by atoms with Crippen LogP contribution >= 0.6 is 11.6 Å². The van der Waals surface area contributed by atoms with Crippen LogP contribution in [0.15, 0.2) is 18.2 Å². The van der Waals surface area contributed by atoms with Crippen LogP contribution in [0.5, 0.6) is 0 Å².